The molecule has 1 heterocycles. The molecule has 1 N–H and O–H groups in total. The number of methoxy groups -OCH3 is 1. The average molecular weight is 235 g/mol. The van der Waals surface area contributed by atoms with Gasteiger partial charge in [-0.2, -0.15) is 0 Å². The Morgan fingerprint density at radius 3 is 2.86 bits per heavy atom. The highest BCUT2D eigenvalue weighted by Crippen LogP contribution is 2.31. The van der Waals surface area contributed by atoms with Crippen LogP contribution in [-0.4, -0.2) is 18.8 Å². The number of ether oxygens (including phenoxy) is 1. The lowest BCUT2D eigenvalue weighted by Gasteiger charge is -2.16. The van der Waals surface area contributed by atoms with Gasteiger partial charge in [-0.05, 0) is 18.4 Å². The predicted octanol–water partition coefficient (Wildman–Crippen LogP) is 3.11. The van der Waals surface area contributed by atoms with E-state index in [9.17, 15) is 5.11 Å². The van der Waals surface area contributed by atoms with E-state index in [1.807, 2.05) is 18.4 Å². The first-order valence-electron chi connectivity index (χ1n) is 4.56. The normalized spacial score (nSPS) is 15.4. The number of halogens is 1. The van der Waals surface area contributed by atoms with Gasteiger partial charge >= 0.3 is 0 Å². The van der Waals surface area contributed by atoms with Crippen LogP contribution in [0.1, 0.15) is 24.3 Å². The van der Waals surface area contributed by atoms with Crippen LogP contribution in [0.3, 0.4) is 0 Å². The fraction of sp³-hybridized carbons (Fsp3) is 0.600. The van der Waals surface area contributed by atoms with Crippen LogP contribution >= 0.6 is 22.9 Å². The molecule has 0 aliphatic rings. The summed E-state index contributed by atoms with van der Waals surface area (Å²) in [5.74, 6) is 0.199. The van der Waals surface area contributed by atoms with Gasteiger partial charge in [-0.15, -0.1) is 11.3 Å². The van der Waals surface area contributed by atoms with E-state index in [4.69, 9.17) is 16.3 Å². The summed E-state index contributed by atoms with van der Waals surface area (Å²) in [6.45, 7) is 2.69. The van der Waals surface area contributed by atoms with Gasteiger partial charge in [0.1, 0.15) is 0 Å². The zero-order chi connectivity index (χ0) is 10.6. The molecule has 80 valence electrons. The lowest BCUT2D eigenvalue weighted by atomic mass is 10.0. The maximum atomic E-state index is 9.93. The monoisotopic (exact) mass is 234 g/mol. The molecule has 0 saturated heterocycles. The molecule has 0 spiro atoms. The summed E-state index contributed by atoms with van der Waals surface area (Å²) in [6.07, 6.45) is 0.426. The molecule has 0 radical (unpaired) electrons. The SMILES string of the molecule is COCCC(C)C(O)c1cc(Cl)cs1. The second kappa shape index (κ2) is 5.71. The second-order valence-electron chi connectivity index (χ2n) is 3.37. The molecule has 1 rings (SSSR count). The Balaban J connectivity index is 2.51. The minimum absolute atomic E-state index is 0.199. The average Bonchev–Trinajstić information content (AvgIpc) is 2.60. The topological polar surface area (TPSA) is 29.5 Å². The van der Waals surface area contributed by atoms with Crippen molar-refractivity contribution in [2.75, 3.05) is 13.7 Å². The first-order chi connectivity index (χ1) is 6.65. The van der Waals surface area contributed by atoms with Crippen molar-refractivity contribution in [2.45, 2.75) is 19.4 Å². The van der Waals surface area contributed by atoms with Crippen LogP contribution in [-0.2, 0) is 4.74 Å². The molecule has 0 saturated carbocycles. The lowest BCUT2D eigenvalue weighted by Crippen LogP contribution is -2.10. The second-order valence-corrected chi connectivity index (χ2v) is 4.75. The van der Waals surface area contributed by atoms with E-state index < -0.39 is 6.10 Å². The van der Waals surface area contributed by atoms with Crippen molar-refractivity contribution in [3.8, 4) is 0 Å². The van der Waals surface area contributed by atoms with Gasteiger partial charge in [0.05, 0.1) is 11.1 Å². The molecular weight excluding hydrogens is 220 g/mol. The summed E-state index contributed by atoms with van der Waals surface area (Å²) < 4.78 is 4.97. The van der Waals surface area contributed by atoms with Crippen molar-refractivity contribution < 1.29 is 9.84 Å². The van der Waals surface area contributed by atoms with Crippen LogP contribution in [0.25, 0.3) is 0 Å². The first kappa shape index (κ1) is 12.0. The molecule has 1 aromatic heterocycles. The third-order valence-electron chi connectivity index (χ3n) is 2.20. The number of hydrogen-bond acceptors (Lipinski definition) is 3. The number of aliphatic hydroxyl groups is 1. The summed E-state index contributed by atoms with van der Waals surface area (Å²) >= 11 is 7.28. The molecule has 2 nitrogen and oxygen atoms in total. The van der Waals surface area contributed by atoms with Gasteiger partial charge in [0.15, 0.2) is 0 Å². The van der Waals surface area contributed by atoms with E-state index in [0.717, 1.165) is 11.3 Å². The molecule has 14 heavy (non-hydrogen) atoms. The van der Waals surface area contributed by atoms with Crippen molar-refractivity contribution in [3.05, 3.63) is 21.3 Å². The molecule has 0 amide bonds. The van der Waals surface area contributed by atoms with Gasteiger partial charge in [-0.1, -0.05) is 18.5 Å². The summed E-state index contributed by atoms with van der Waals surface area (Å²) in [4.78, 5) is 0.929. The minimum Gasteiger partial charge on any atom is -0.387 e. The first-order valence-corrected chi connectivity index (χ1v) is 5.82. The Bertz CT molecular complexity index is 275. The Morgan fingerprint density at radius 2 is 2.36 bits per heavy atom. The molecular formula is C10H15ClO2S. The van der Waals surface area contributed by atoms with Gasteiger partial charge in [-0.25, -0.2) is 0 Å². The quantitative estimate of drug-likeness (QED) is 0.849. The summed E-state index contributed by atoms with van der Waals surface area (Å²) in [5.41, 5.74) is 0. The van der Waals surface area contributed by atoms with Crippen molar-refractivity contribution >= 4 is 22.9 Å². The van der Waals surface area contributed by atoms with E-state index >= 15 is 0 Å². The molecule has 0 aliphatic heterocycles. The van der Waals surface area contributed by atoms with E-state index in [1.165, 1.54) is 11.3 Å². The van der Waals surface area contributed by atoms with Crippen LogP contribution in [0.4, 0.5) is 0 Å². The molecule has 1 aromatic rings. The number of rotatable bonds is 5. The number of aliphatic hydroxyl groups excluding tert-OH is 1. The number of hydrogen-bond donors (Lipinski definition) is 1. The molecule has 2 atom stereocenters. The predicted molar refractivity (Wildman–Crippen MR) is 59.9 cm³/mol. The van der Waals surface area contributed by atoms with Crippen LogP contribution in [0, 0.1) is 5.92 Å². The summed E-state index contributed by atoms with van der Waals surface area (Å²) in [7, 11) is 1.67. The van der Waals surface area contributed by atoms with Gasteiger partial charge < -0.3 is 9.84 Å². The Morgan fingerprint density at radius 1 is 1.64 bits per heavy atom. The largest absolute Gasteiger partial charge is 0.387 e. The van der Waals surface area contributed by atoms with Crippen molar-refractivity contribution in [1.82, 2.24) is 0 Å². The summed E-state index contributed by atoms with van der Waals surface area (Å²) in [5, 5.41) is 12.5. The van der Waals surface area contributed by atoms with Crippen molar-refractivity contribution in [1.29, 1.82) is 0 Å². The molecule has 4 heteroatoms. The van der Waals surface area contributed by atoms with Gasteiger partial charge in [0, 0.05) is 24.0 Å². The zero-order valence-electron chi connectivity index (χ0n) is 8.37. The minimum atomic E-state index is -0.428. The third-order valence-corrected chi connectivity index (χ3v) is 3.55. The molecule has 0 aliphatic carbocycles. The van der Waals surface area contributed by atoms with Crippen molar-refractivity contribution in [3.63, 3.8) is 0 Å². The number of thiophene rings is 1. The van der Waals surface area contributed by atoms with E-state index in [0.29, 0.717) is 11.6 Å². The van der Waals surface area contributed by atoms with Crippen LogP contribution in [0.2, 0.25) is 5.02 Å². The van der Waals surface area contributed by atoms with Gasteiger partial charge in [0.2, 0.25) is 0 Å². The lowest BCUT2D eigenvalue weighted by molar-refractivity contribution is 0.0912. The Hall–Kier alpha value is -0.0900. The Kier molecular flexibility index (Phi) is 4.89. The molecule has 0 bridgehead atoms. The van der Waals surface area contributed by atoms with E-state index in [2.05, 4.69) is 0 Å². The Labute approximate surface area is 93.5 Å². The molecule has 0 aromatic carbocycles. The smallest absolute Gasteiger partial charge is 0.0908 e. The van der Waals surface area contributed by atoms with Crippen molar-refractivity contribution in [2.24, 2.45) is 5.92 Å². The zero-order valence-corrected chi connectivity index (χ0v) is 9.94. The highest BCUT2D eigenvalue weighted by atomic mass is 35.5. The standard InChI is InChI=1S/C10H15ClO2S/c1-7(3-4-13-2)10(12)9-5-8(11)6-14-9/h5-7,10,12H,3-4H2,1-2H3. The third kappa shape index (κ3) is 3.24. The maximum absolute atomic E-state index is 9.93. The van der Waals surface area contributed by atoms with Gasteiger partial charge in [-0.3, -0.25) is 0 Å². The fourth-order valence-corrected chi connectivity index (χ4v) is 2.42. The molecule has 2 unspecified atom stereocenters. The fourth-order valence-electron chi connectivity index (χ4n) is 1.23. The van der Waals surface area contributed by atoms with Gasteiger partial charge in [0.25, 0.3) is 0 Å². The molecule has 0 fully saturated rings. The van der Waals surface area contributed by atoms with E-state index in [1.54, 1.807) is 7.11 Å². The van der Waals surface area contributed by atoms with Crippen LogP contribution in [0.5, 0.6) is 0 Å². The van der Waals surface area contributed by atoms with Crippen LogP contribution in [0.15, 0.2) is 11.4 Å². The van der Waals surface area contributed by atoms with Crippen LogP contribution < -0.4 is 0 Å². The van der Waals surface area contributed by atoms with E-state index in [-0.39, 0.29) is 5.92 Å². The maximum Gasteiger partial charge on any atom is 0.0908 e. The highest BCUT2D eigenvalue weighted by Gasteiger charge is 2.17. The highest BCUT2D eigenvalue weighted by molar-refractivity contribution is 7.10. The summed E-state index contributed by atoms with van der Waals surface area (Å²) in [6, 6.07) is 1.82.